The lowest BCUT2D eigenvalue weighted by molar-refractivity contribution is -0.277. The Kier molecular flexibility index (Phi) is 6.73. The molecular weight excluding hydrogens is 508 g/mol. The third kappa shape index (κ3) is 3.68. The molecule has 1 heterocycles. The lowest BCUT2D eigenvalue weighted by Crippen LogP contribution is -2.61. The van der Waals surface area contributed by atoms with Gasteiger partial charge in [0, 0.05) is 12.3 Å². The van der Waals surface area contributed by atoms with Crippen LogP contribution in [0.4, 0.5) is 0 Å². The first-order valence-electron chi connectivity index (χ1n) is 13.7. The summed E-state index contributed by atoms with van der Waals surface area (Å²) in [7, 11) is 0. The van der Waals surface area contributed by atoms with E-state index in [9.17, 15) is 40.2 Å². The maximum absolute atomic E-state index is 14.1. The number of aromatic hydroxyl groups is 1. The minimum absolute atomic E-state index is 0.0438. The molecule has 5 rings (SSSR count). The van der Waals surface area contributed by atoms with Gasteiger partial charge >= 0.3 is 0 Å². The highest BCUT2D eigenvalue weighted by molar-refractivity contribution is 5.94. The normalized spacial score (nSPS) is 45.3. The lowest BCUT2D eigenvalue weighted by Gasteiger charge is -2.60. The highest BCUT2D eigenvalue weighted by Gasteiger charge is 2.71. The monoisotopic (exact) mass is 548 g/mol. The Morgan fingerprint density at radius 3 is 2.38 bits per heavy atom. The fraction of sp³-hybridized carbons (Fsp3) is 0.724. The number of ether oxygens (including phenoxy) is 2. The number of benzene rings is 1. The molecular formula is C29H40O10. The largest absolute Gasteiger partial charge is 0.504 e. The molecule has 3 aliphatic carbocycles. The van der Waals surface area contributed by atoms with Crippen LogP contribution in [0, 0.1) is 29.6 Å². The standard InChI is InChI=1S/C29H40O10/c1-12-14-6-7-19-27(3)9-16(32)21(13(2)31)28(27,4)10-20(33)29(19,5)15(14)8-17(22(12)34)38-26-25(37)24(36)23(35)18(11-30)39-26/h8,16,18-19,21,23-26,30,32,34-37H,6-7,9-11H2,1-5H3/t16-,18-,19-,21+,23-,24+,25-,26-,27+,28-,29+/m1/s1. The van der Waals surface area contributed by atoms with E-state index in [4.69, 9.17) is 9.47 Å². The Hall–Kier alpha value is -2.08. The molecule has 2 saturated carbocycles. The summed E-state index contributed by atoms with van der Waals surface area (Å²) in [5.41, 5.74) is -0.159. The Balaban J connectivity index is 1.58. The van der Waals surface area contributed by atoms with Gasteiger partial charge in [-0.15, -0.1) is 0 Å². The molecule has 11 atom stereocenters. The van der Waals surface area contributed by atoms with Crippen molar-refractivity contribution in [2.24, 2.45) is 22.7 Å². The summed E-state index contributed by atoms with van der Waals surface area (Å²) in [6.45, 7) is 8.51. The van der Waals surface area contributed by atoms with E-state index in [1.54, 1.807) is 13.0 Å². The molecule has 10 nitrogen and oxygen atoms in total. The molecule has 0 radical (unpaired) electrons. The lowest BCUT2D eigenvalue weighted by atomic mass is 9.42. The van der Waals surface area contributed by atoms with Gasteiger partial charge in [0.1, 0.15) is 36.0 Å². The van der Waals surface area contributed by atoms with E-state index in [0.717, 1.165) is 5.56 Å². The average molecular weight is 549 g/mol. The summed E-state index contributed by atoms with van der Waals surface area (Å²) in [5.74, 6) is -1.22. The summed E-state index contributed by atoms with van der Waals surface area (Å²) in [6, 6.07) is 1.59. The number of fused-ring (bicyclic) bond motifs is 5. The zero-order valence-corrected chi connectivity index (χ0v) is 23.0. The molecule has 1 aliphatic heterocycles. The summed E-state index contributed by atoms with van der Waals surface area (Å²) < 4.78 is 11.3. The predicted molar refractivity (Wildman–Crippen MR) is 137 cm³/mol. The number of phenolic OH excluding ortho intramolecular Hbond substituents is 1. The molecule has 39 heavy (non-hydrogen) atoms. The second-order valence-corrected chi connectivity index (χ2v) is 12.8. The third-order valence-electron chi connectivity index (χ3n) is 11.0. The van der Waals surface area contributed by atoms with E-state index in [1.807, 2.05) is 13.8 Å². The van der Waals surface area contributed by atoms with Crippen LogP contribution >= 0.6 is 0 Å². The van der Waals surface area contributed by atoms with Crippen molar-refractivity contribution in [1.29, 1.82) is 0 Å². The summed E-state index contributed by atoms with van der Waals surface area (Å²) in [6.07, 6.45) is -6.63. The Labute approximate surface area is 227 Å². The Bertz CT molecular complexity index is 1200. The fourth-order valence-electron chi connectivity index (χ4n) is 8.70. The van der Waals surface area contributed by atoms with Crippen LogP contribution in [0.15, 0.2) is 6.07 Å². The third-order valence-corrected chi connectivity index (χ3v) is 11.0. The molecule has 0 spiro atoms. The quantitative estimate of drug-likeness (QED) is 0.314. The maximum atomic E-state index is 14.1. The van der Waals surface area contributed by atoms with Crippen molar-refractivity contribution in [3.8, 4) is 11.5 Å². The van der Waals surface area contributed by atoms with Gasteiger partial charge in [-0.2, -0.15) is 0 Å². The minimum Gasteiger partial charge on any atom is -0.504 e. The molecule has 1 aromatic carbocycles. The van der Waals surface area contributed by atoms with Crippen molar-refractivity contribution >= 4 is 11.6 Å². The Morgan fingerprint density at radius 2 is 1.77 bits per heavy atom. The fourth-order valence-corrected chi connectivity index (χ4v) is 8.70. The number of rotatable bonds is 4. The van der Waals surface area contributed by atoms with Gasteiger partial charge in [-0.1, -0.05) is 13.8 Å². The number of aliphatic hydroxyl groups is 5. The average Bonchev–Trinajstić information content (AvgIpc) is 3.07. The van der Waals surface area contributed by atoms with Gasteiger partial charge in [0.2, 0.25) is 6.29 Å². The van der Waals surface area contributed by atoms with E-state index >= 15 is 0 Å². The van der Waals surface area contributed by atoms with Gasteiger partial charge in [-0.05, 0) is 79.5 Å². The topological polar surface area (TPSA) is 174 Å². The van der Waals surface area contributed by atoms with Gasteiger partial charge in [0.25, 0.3) is 0 Å². The van der Waals surface area contributed by atoms with Crippen molar-refractivity contribution in [3.05, 3.63) is 22.8 Å². The van der Waals surface area contributed by atoms with Crippen LogP contribution < -0.4 is 4.74 Å². The Morgan fingerprint density at radius 1 is 1.10 bits per heavy atom. The number of Topliss-reactive ketones (excluding diaryl/α,β-unsaturated/α-hetero) is 2. The van der Waals surface area contributed by atoms with Gasteiger partial charge in [0.05, 0.1) is 18.1 Å². The number of ketones is 2. The molecule has 3 fully saturated rings. The molecule has 0 amide bonds. The summed E-state index contributed by atoms with van der Waals surface area (Å²) >= 11 is 0. The smallest absolute Gasteiger partial charge is 0.229 e. The molecule has 0 bridgehead atoms. The molecule has 6 N–H and O–H groups in total. The number of phenols is 1. The van der Waals surface area contributed by atoms with Crippen molar-refractivity contribution in [1.82, 2.24) is 0 Å². The first-order valence-corrected chi connectivity index (χ1v) is 13.7. The number of carbonyl (C=O) groups excluding carboxylic acids is 2. The van der Waals surface area contributed by atoms with Crippen LogP contribution in [0.5, 0.6) is 11.5 Å². The van der Waals surface area contributed by atoms with Gasteiger partial charge in [0.15, 0.2) is 11.5 Å². The van der Waals surface area contributed by atoms with Crippen LogP contribution in [0.1, 0.15) is 63.6 Å². The molecule has 1 saturated heterocycles. The van der Waals surface area contributed by atoms with E-state index < -0.39 is 65.6 Å². The highest BCUT2D eigenvalue weighted by atomic mass is 16.7. The first kappa shape index (κ1) is 28.4. The van der Waals surface area contributed by atoms with Gasteiger partial charge < -0.3 is 40.1 Å². The van der Waals surface area contributed by atoms with Crippen LogP contribution in [-0.2, 0) is 26.2 Å². The van der Waals surface area contributed by atoms with Crippen molar-refractivity contribution in [3.63, 3.8) is 0 Å². The maximum Gasteiger partial charge on any atom is 0.229 e. The van der Waals surface area contributed by atoms with E-state index in [0.29, 0.717) is 30.4 Å². The SMILES string of the molecule is CC(=O)[C@H]1[C@H](O)C[C@@]2(C)[C@H]3CCc4c(cc(O[C@@H]5O[C@H](CO)[C@@H](O)[C@H](O)[C@H]5O)c(O)c4C)[C@]3(C)C(=O)C[C@]12C. The van der Waals surface area contributed by atoms with Gasteiger partial charge in [-0.3, -0.25) is 9.59 Å². The van der Waals surface area contributed by atoms with E-state index in [1.165, 1.54) is 6.92 Å². The molecule has 0 aromatic heterocycles. The number of carbonyl (C=O) groups is 2. The summed E-state index contributed by atoms with van der Waals surface area (Å²) in [4.78, 5) is 26.8. The van der Waals surface area contributed by atoms with Gasteiger partial charge in [-0.25, -0.2) is 0 Å². The molecule has 0 unspecified atom stereocenters. The second kappa shape index (κ2) is 9.22. The van der Waals surface area contributed by atoms with Crippen molar-refractivity contribution in [2.45, 2.75) is 103 Å². The molecule has 10 heteroatoms. The van der Waals surface area contributed by atoms with Crippen LogP contribution in [-0.4, -0.2) is 85.6 Å². The number of aliphatic hydroxyl groups excluding tert-OH is 5. The summed E-state index contributed by atoms with van der Waals surface area (Å²) in [5, 5.41) is 62.4. The first-order chi connectivity index (χ1) is 18.1. The molecule has 4 aliphatic rings. The zero-order valence-electron chi connectivity index (χ0n) is 23.0. The van der Waals surface area contributed by atoms with Crippen LogP contribution in [0.25, 0.3) is 0 Å². The second-order valence-electron chi connectivity index (χ2n) is 12.8. The minimum atomic E-state index is -1.67. The van der Waals surface area contributed by atoms with Crippen LogP contribution in [0.3, 0.4) is 0 Å². The van der Waals surface area contributed by atoms with E-state index in [2.05, 4.69) is 6.92 Å². The number of hydrogen-bond donors (Lipinski definition) is 6. The van der Waals surface area contributed by atoms with Crippen molar-refractivity contribution in [2.75, 3.05) is 6.61 Å². The zero-order chi connectivity index (χ0) is 28.8. The predicted octanol–water partition coefficient (Wildman–Crippen LogP) is 0.655. The highest BCUT2D eigenvalue weighted by Crippen LogP contribution is 2.70. The molecule has 1 aromatic rings. The van der Waals surface area contributed by atoms with Crippen LogP contribution in [0.2, 0.25) is 0 Å². The van der Waals surface area contributed by atoms with Crippen molar-refractivity contribution < 1.29 is 49.7 Å². The van der Waals surface area contributed by atoms with E-state index in [-0.39, 0.29) is 35.4 Å². The number of hydrogen-bond acceptors (Lipinski definition) is 10. The molecule has 216 valence electrons.